The molecule has 0 saturated carbocycles. The molecule has 3 heterocycles. The molecule has 0 bridgehead atoms. The Balaban J connectivity index is 1.56. The maximum absolute atomic E-state index is 13.3. The largest absolute Gasteiger partial charge is 0.497 e. The fourth-order valence-electron chi connectivity index (χ4n) is 4.10. The minimum atomic E-state index is -0.966. The lowest BCUT2D eigenvalue weighted by atomic mass is 10.0. The number of piperidine rings is 1. The summed E-state index contributed by atoms with van der Waals surface area (Å²) in [6.07, 6.45) is 5.40. The Morgan fingerprint density at radius 2 is 1.79 bits per heavy atom. The summed E-state index contributed by atoms with van der Waals surface area (Å²) in [6, 6.07) is 4.96. The minimum absolute atomic E-state index is 0.0181. The molecule has 1 aromatic carbocycles. The minimum Gasteiger partial charge on any atom is -0.497 e. The number of rotatable bonds is 5. The van der Waals surface area contributed by atoms with Crippen molar-refractivity contribution in [2.75, 3.05) is 33.3 Å². The zero-order valence-corrected chi connectivity index (χ0v) is 18.8. The van der Waals surface area contributed by atoms with Crippen molar-refractivity contribution in [1.29, 1.82) is 0 Å². The van der Waals surface area contributed by atoms with Gasteiger partial charge in [-0.25, -0.2) is 9.97 Å². The molecular formula is C23H26N6O5. The topological polar surface area (TPSA) is 134 Å². The molecule has 11 nitrogen and oxygen atoms in total. The van der Waals surface area contributed by atoms with E-state index in [1.807, 2.05) is 0 Å². The number of nitrogens with zero attached hydrogens (tertiary/aromatic N) is 4. The second-order valence-corrected chi connectivity index (χ2v) is 8.12. The molecule has 0 radical (unpaired) electrons. The van der Waals surface area contributed by atoms with Crippen LogP contribution in [0.1, 0.15) is 33.6 Å². The number of benzene rings is 1. The lowest BCUT2D eigenvalue weighted by Gasteiger charge is -2.41. The monoisotopic (exact) mass is 466 g/mol. The van der Waals surface area contributed by atoms with Crippen LogP contribution in [-0.2, 0) is 9.59 Å². The molecule has 2 unspecified atom stereocenters. The molecule has 0 aliphatic carbocycles. The molecule has 2 aliphatic rings. The van der Waals surface area contributed by atoms with E-state index in [1.165, 1.54) is 35.6 Å². The van der Waals surface area contributed by atoms with Crippen LogP contribution in [0.5, 0.6) is 5.75 Å². The Morgan fingerprint density at radius 3 is 2.47 bits per heavy atom. The molecule has 4 amide bonds. The highest BCUT2D eigenvalue weighted by Crippen LogP contribution is 2.19. The Hall–Kier alpha value is -4.02. The van der Waals surface area contributed by atoms with Gasteiger partial charge >= 0.3 is 0 Å². The van der Waals surface area contributed by atoms with Gasteiger partial charge in [0, 0.05) is 37.6 Å². The summed E-state index contributed by atoms with van der Waals surface area (Å²) in [5.74, 6) is -0.797. The Labute approximate surface area is 196 Å². The van der Waals surface area contributed by atoms with E-state index in [4.69, 9.17) is 4.74 Å². The fourth-order valence-corrected chi connectivity index (χ4v) is 4.10. The third-order valence-electron chi connectivity index (χ3n) is 5.98. The van der Waals surface area contributed by atoms with Gasteiger partial charge in [-0.15, -0.1) is 0 Å². The quantitative estimate of drug-likeness (QED) is 0.626. The number of aromatic nitrogens is 2. The average molecular weight is 466 g/mol. The van der Waals surface area contributed by atoms with Gasteiger partial charge in [0.15, 0.2) is 0 Å². The van der Waals surface area contributed by atoms with Crippen LogP contribution in [0.4, 0.5) is 0 Å². The van der Waals surface area contributed by atoms with Crippen molar-refractivity contribution >= 4 is 23.6 Å². The second kappa shape index (κ2) is 10.3. The van der Waals surface area contributed by atoms with Crippen LogP contribution in [0.25, 0.3) is 0 Å². The van der Waals surface area contributed by atoms with Crippen LogP contribution >= 0.6 is 0 Å². The van der Waals surface area contributed by atoms with Crippen molar-refractivity contribution in [3.05, 3.63) is 54.1 Å². The first-order chi connectivity index (χ1) is 16.5. The SMILES string of the molecule is COc1ccc(C(=O)N2CCN(C(=O)c3cncnc3)CC2C(=O)NC2CCCNC2=O)cc1. The molecule has 2 atom stereocenters. The van der Waals surface area contributed by atoms with Gasteiger partial charge in [0.2, 0.25) is 11.8 Å². The number of ether oxygens (including phenoxy) is 1. The lowest BCUT2D eigenvalue weighted by molar-refractivity contribution is -0.133. The molecule has 2 saturated heterocycles. The van der Waals surface area contributed by atoms with Crippen LogP contribution in [0, 0.1) is 0 Å². The number of hydrogen-bond donors (Lipinski definition) is 2. The number of amides is 4. The van der Waals surface area contributed by atoms with Crippen molar-refractivity contribution < 1.29 is 23.9 Å². The third kappa shape index (κ3) is 4.98. The smallest absolute Gasteiger partial charge is 0.257 e. The van der Waals surface area contributed by atoms with E-state index < -0.39 is 18.0 Å². The van der Waals surface area contributed by atoms with Gasteiger partial charge in [-0.05, 0) is 37.1 Å². The molecule has 2 N–H and O–H groups in total. The van der Waals surface area contributed by atoms with E-state index in [1.54, 1.807) is 24.3 Å². The van der Waals surface area contributed by atoms with E-state index in [0.717, 1.165) is 6.42 Å². The lowest BCUT2D eigenvalue weighted by Crippen LogP contribution is -2.63. The zero-order chi connectivity index (χ0) is 24.1. The van der Waals surface area contributed by atoms with E-state index >= 15 is 0 Å². The van der Waals surface area contributed by atoms with Gasteiger partial charge in [-0.1, -0.05) is 0 Å². The summed E-state index contributed by atoms with van der Waals surface area (Å²) in [7, 11) is 1.53. The first-order valence-electron chi connectivity index (χ1n) is 11.1. The van der Waals surface area contributed by atoms with Gasteiger partial charge in [0.25, 0.3) is 11.8 Å². The van der Waals surface area contributed by atoms with Crippen LogP contribution in [0.2, 0.25) is 0 Å². The van der Waals surface area contributed by atoms with Gasteiger partial charge in [-0.3, -0.25) is 19.2 Å². The average Bonchev–Trinajstić information content (AvgIpc) is 2.89. The molecule has 4 rings (SSSR count). The number of methoxy groups -OCH3 is 1. The van der Waals surface area contributed by atoms with Crippen LogP contribution in [0.3, 0.4) is 0 Å². The highest BCUT2D eigenvalue weighted by Gasteiger charge is 2.39. The van der Waals surface area contributed by atoms with Crippen LogP contribution < -0.4 is 15.4 Å². The number of hydrogen-bond acceptors (Lipinski definition) is 7. The van der Waals surface area contributed by atoms with Crippen molar-refractivity contribution in [3.63, 3.8) is 0 Å². The Kier molecular flexibility index (Phi) is 7.00. The predicted molar refractivity (Wildman–Crippen MR) is 120 cm³/mol. The van der Waals surface area contributed by atoms with Crippen LogP contribution in [-0.4, -0.2) is 88.8 Å². The first kappa shape index (κ1) is 23.1. The summed E-state index contributed by atoms with van der Waals surface area (Å²) >= 11 is 0. The molecule has 34 heavy (non-hydrogen) atoms. The summed E-state index contributed by atoms with van der Waals surface area (Å²) in [4.78, 5) is 62.5. The Bertz CT molecular complexity index is 1060. The maximum Gasteiger partial charge on any atom is 0.257 e. The molecule has 2 aromatic rings. The molecule has 178 valence electrons. The first-order valence-corrected chi connectivity index (χ1v) is 11.1. The molecule has 0 spiro atoms. The van der Waals surface area contributed by atoms with Gasteiger partial charge in [0.05, 0.1) is 19.2 Å². The maximum atomic E-state index is 13.3. The fraction of sp³-hybridized carbons (Fsp3) is 0.391. The predicted octanol–water partition coefficient (Wildman–Crippen LogP) is -0.153. The number of piperazine rings is 1. The summed E-state index contributed by atoms with van der Waals surface area (Å²) in [5, 5.41) is 5.50. The number of carbonyl (C=O) groups is 4. The van der Waals surface area contributed by atoms with Crippen LogP contribution in [0.15, 0.2) is 43.0 Å². The highest BCUT2D eigenvalue weighted by molar-refractivity contribution is 6.00. The molecular weight excluding hydrogens is 440 g/mol. The molecule has 11 heteroatoms. The zero-order valence-electron chi connectivity index (χ0n) is 18.8. The van der Waals surface area contributed by atoms with Crippen molar-refractivity contribution in [2.45, 2.75) is 24.9 Å². The van der Waals surface area contributed by atoms with Gasteiger partial charge in [0.1, 0.15) is 24.2 Å². The molecule has 2 fully saturated rings. The summed E-state index contributed by atoms with van der Waals surface area (Å²) < 4.78 is 5.15. The normalized spacial score (nSPS) is 20.3. The number of carbonyl (C=O) groups excluding carboxylic acids is 4. The van der Waals surface area contributed by atoms with Crippen molar-refractivity contribution in [2.24, 2.45) is 0 Å². The summed E-state index contributed by atoms with van der Waals surface area (Å²) in [5.41, 5.74) is 0.688. The Morgan fingerprint density at radius 1 is 1.06 bits per heavy atom. The van der Waals surface area contributed by atoms with E-state index in [0.29, 0.717) is 29.8 Å². The van der Waals surface area contributed by atoms with E-state index in [-0.39, 0.29) is 37.4 Å². The molecule has 2 aliphatic heterocycles. The van der Waals surface area contributed by atoms with E-state index in [9.17, 15) is 19.2 Å². The number of nitrogens with one attached hydrogen (secondary N) is 2. The summed E-state index contributed by atoms with van der Waals surface area (Å²) in [6.45, 7) is 0.941. The van der Waals surface area contributed by atoms with Gasteiger partial charge < -0.3 is 25.2 Å². The van der Waals surface area contributed by atoms with Crippen molar-refractivity contribution in [3.8, 4) is 5.75 Å². The molecule has 1 aromatic heterocycles. The standard InChI is InChI=1S/C23H26N6O5/c1-34-17-6-4-15(5-7-17)23(33)29-10-9-28(22(32)16-11-24-14-25-12-16)13-19(29)21(31)27-18-3-2-8-26-20(18)30/h4-7,11-12,14,18-19H,2-3,8-10,13H2,1H3,(H,26,30)(H,27,31). The third-order valence-corrected chi connectivity index (χ3v) is 5.98. The highest BCUT2D eigenvalue weighted by atomic mass is 16.5. The van der Waals surface area contributed by atoms with Crippen molar-refractivity contribution in [1.82, 2.24) is 30.4 Å². The van der Waals surface area contributed by atoms with Gasteiger partial charge in [-0.2, -0.15) is 0 Å². The van der Waals surface area contributed by atoms with E-state index in [2.05, 4.69) is 20.6 Å². The second-order valence-electron chi connectivity index (χ2n) is 8.12.